The van der Waals surface area contributed by atoms with Gasteiger partial charge < -0.3 is 20.6 Å². The first kappa shape index (κ1) is 23.1. The lowest BCUT2D eigenvalue weighted by atomic mass is 9.89. The largest absolute Gasteiger partial charge is 0.465 e. The Bertz CT molecular complexity index is 1320. The molecule has 0 unspecified atom stereocenters. The Labute approximate surface area is 207 Å². The molecule has 35 heavy (non-hydrogen) atoms. The first-order chi connectivity index (χ1) is 16.8. The van der Waals surface area contributed by atoms with Gasteiger partial charge in [-0.1, -0.05) is 11.6 Å². The Kier molecular flexibility index (Phi) is 6.08. The van der Waals surface area contributed by atoms with Crippen molar-refractivity contribution >= 4 is 46.7 Å². The smallest absolute Gasteiger partial charge is 0.411 e. The number of likely N-dealkylation sites (tertiary alicyclic amines) is 1. The molecule has 3 heterocycles. The van der Waals surface area contributed by atoms with Crippen LogP contribution in [-0.4, -0.2) is 68.7 Å². The van der Waals surface area contributed by atoms with Crippen molar-refractivity contribution in [3.8, 4) is 6.07 Å². The molecule has 2 aliphatic rings. The number of nitriles is 1. The number of nitrogens with one attached hydrogen (secondary N) is 2. The number of hydrogen-bond donors (Lipinski definition) is 3. The number of aromatic nitrogens is 4. The predicted molar refractivity (Wildman–Crippen MR) is 133 cm³/mol. The van der Waals surface area contributed by atoms with E-state index >= 15 is 0 Å². The van der Waals surface area contributed by atoms with Crippen molar-refractivity contribution in [3.63, 3.8) is 0 Å². The normalized spacial score (nSPS) is 16.7. The molecule has 182 valence electrons. The van der Waals surface area contributed by atoms with Gasteiger partial charge >= 0.3 is 6.09 Å². The van der Waals surface area contributed by atoms with Crippen LogP contribution in [0.1, 0.15) is 42.9 Å². The maximum Gasteiger partial charge on any atom is 0.411 e. The van der Waals surface area contributed by atoms with E-state index in [-0.39, 0.29) is 17.6 Å². The molecular formula is C23H26ClN9O2. The van der Waals surface area contributed by atoms with Crippen molar-refractivity contribution in [2.24, 2.45) is 0 Å². The van der Waals surface area contributed by atoms with E-state index in [9.17, 15) is 15.2 Å². The highest BCUT2D eigenvalue weighted by atomic mass is 35.5. The lowest BCUT2D eigenvalue weighted by molar-refractivity contribution is 0.203. The second-order valence-electron chi connectivity index (χ2n) is 9.14. The molecule has 1 saturated heterocycles. The Morgan fingerprint density at radius 3 is 2.63 bits per heavy atom. The van der Waals surface area contributed by atoms with Crippen LogP contribution < -0.4 is 15.5 Å². The molecule has 12 heteroatoms. The number of fused-ring (bicyclic) bond motifs is 1. The summed E-state index contributed by atoms with van der Waals surface area (Å²) in [5, 5.41) is 25.9. The summed E-state index contributed by atoms with van der Waals surface area (Å²) >= 11 is 6.89. The van der Waals surface area contributed by atoms with Crippen LogP contribution >= 0.6 is 11.6 Å². The average molecular weight is 496 g/mol. The monoisotopic (exact) mass is 495 g/mol. The van der Waals surface area contributed by atoms with Gasteiger partial charge in [-0.2, -0.15) is 20.2 Å². The Balaban J connectivity index is 1.55. The van der Waals surface area contributed by atoms with Gasteiger partial charge in [0.05, 0.1) is 16.9 Å². The summed E-state index contributed by atoms with van der Waals surface area (Å²) in [5.74, 6) is 1.32. The number of carboxylic acid groups (broad SMARTS) is 1. The molecule has 2 fully saturated rings. The zero-order chi connectivity index (χ0) is 24.7. The second kappa shape index (κ2) is 9.20. The van der Waals surface area contributed by atoms with E-state index in [1.165, 1.54) is 7.05 Å². The minimum Gasteiger partial charge on any atom is -0.465 e. The summed E-state index contributed by atoms with van der Waals surface area (Å²) < 4.78 is 1.66. The number of benzene rings is 1. The van der Waals surface area contributed by atoms with Gasteiger partial charge in [-0.25, -0.2) is 4.79 Å². The fourth-order valence-electron chi connectivity index (χ4n) is 4.26. The molecule has 0 spiro atoms. The molecule has 1 saturated carbocycles. The predicted octanol–water partition coefficient (Wildman–Crippen LogP) is 3.89. The van der Waals surface area contributed by atoms with Crippen molar-refractivity contribution in [2.45, 2.75) is 37.6 Å². The van der Waals surface area contributed by atoms with Gasteiger partial charge in [-0.15, -0.1) is 0 Å². The van der Waals surface area contributed by atoms with Crippen molar-refractivity contribution in [1.82, 2.24) is 24.3 Å². The number of nitrogens with zero attached hydrogens (tertiary/aromatic N) is 7. The summed E-state index contributed by atoms with van der Waals surface area (Å²) in [7, 11) is 3.59. The third-order valence-electron chi connectivity index (χ3n) is 6.52. The molecule has 0 atom stereocenters. The molecule has 1 aliphatic heterocycles. The molecule has 0 bridgehead atoms. The Morgan fingerprint density at radius 2 is 1.97 bits per heavy atom. The van der Waals surface area contributed by atoms with Crippen LogP contribution in [0.2, 0.25) is 5.02 Å². The molecule has 1 aromatic carbocycles. The zero-order valence-corrected chi connectivity index (χ0v) is 20.2. The minimum absolute atomic E-state index is 0.211. The molecule has 2 aromatic heterocycles. The van der Waals surface area contributed by atoms with Crippen LogP contribution in [0.3, 0.4) is 0 Å². The van der Waals surface area contributed by atoms with Gasteiger partial charge in [-0.3, -0.25) is 9.30 Å². The lowest BCUT2D eigenvalue weighted by Gasteiger charge is -2.31. The highest BCUT2D eigenvalue weighted by Gasteiger charge is 2.26. The summed E-state index contributed by atoms with van der Waals surface area (Å²) in [6.45, 7) is 1.89. The second-order valence-corrected chi connectivity index (χ2v) is 9.52. The van der Waals surface area contributed by atoms with E-state index in [4.69, 9.17) is 11.6 Å². The van der Waals surface area contributed by atoms with Crippen LogP contribution in [0.15, 0.2) is 18.3 Å². The van der Waals surface area contributed by atoms with Gasteiger partial charge in [0.25, 0.3) is 0 Å². The number of rotatable bonds is 6. The third-order valence-corrected chi connectivity index (χ3v) is 6.94. The number of anilines is 4. The van der Waals surface area contributed by atoms with Gasteiger partial charge in [-0.05, 0) is 69.4 Å². The van der Waals surface area contributed by atoms with Crippen LogP contribution in [0.4, 0.5) is 28.1 Å². The number of hydrogen-bond acceptors (Lipinski definition) is 8. The molecule has 1 aliphatic carbocycles. The van der Waals surface area contributed by atoms with Gasteiger partial charge in [0.1, 0.15) is 6.07 Å². The van der Waals surface area contributed by atoms with Gasteiger partial charge in [0.2, 0.25) is 17.7 Å². The summed E-state index contributed by atoms with van der Waals surface area (Å²) in [4.78, 5) is 28.5. The average Bonchev–Trinajstić information content (AvgIpc) is 3.55. The number of halogens is 1. The van der Waals surface area contributed by atoms with Crippen molar-refractivity contribution in [3.05, 3.63) is 34.6 Å². The Morgan fingerprint density at radius 1 is 1.23 bits per heavy atom. The van der Waals surface area contributed by atoms with E-state index in [0.29, 0.717) is 34.2 Å². The highest BCUT2D eigenvalue weighted by molar-refractivity contribution is 6.34. The molecule has 11 nitrogen and oxygen atoms in total. The highest BCUT2D eigenvalue weighted by Crippen LogP contribution is 2.40. The fourth-order valence-corrected chi connectivity index (χ4v) is 4.57. The summed E-state index contributed by atoms with van der Waals surface area (Å²) in [6, 6.07) is 5.90. The molecule has 0 radical (unpaired) electrons. The molecule has 5 rings (SSSR count). The fraction of sp³-hybridized carbons (Fsp3) is 0.435. The number of imidazole rings is 1. The van der Waals surface area contributed by atoms with E-state index in [1.54, 1.807) is 16.7 Å². The van der Waals surface area contributed by atoms with Gasteiger partial charge in [0.15, 0.2) is 5.69 Å². The summed E-state index contributed by atoms with van der Waals surface area (Å²) in [6.07, 6.45) is 4.48. The zero-order valence-electron chi connectivity index (χ0n) is 19.5. The first-order valence-electron chi connectivity index (χ1n) is 11.5. The first-order valence-corrected chi connectivity index (χ1v) is 11.9. The van der Waals surface area contributed by atoms with Crippen LogP contribution in [-0.2, 0) is 0 Å². The van der Waals surface area contributed by atoms with Crippen molar-refractivity contribution < 1.29 is 9.90 Å². The number of amides is 1. The topological polar surface area (TPSA) is 135 Å². The van der Waals surface area contributed by atoms with E-state index < -0.39 is 6.09 Å². The maximum absolute atomic E-state index is 11.7. The maximum atomic E-state index is 11.7. The third kappa shape index (κ3) is 4.80. The minimum atomic E-state index is -1.07. The SMILES string of the molecule is CN1CCC(c2cc(N(C)C(=O)O)cc(Nc3nc(NC4CC4)n4cc(C#N)nc4n3)c2Cl)CC1. The quantitative estimate of drug-likeness (QED) is 0.465. The molecule has 3 aromatic rings. The van der Waals surface area contributed by atoms with Gasteiger partial charge in [0, 0.05) is 18.8 Å². The van der Waals surface area contributed by atoms with Crippen molar-refractivity contribution in [2.75, 3.05) is 42.7 Å². The van der Waals surface area contributed by atoms with Crippen LogP contribution in [0.25, 0.3) is 5.78 Å². The van der Waals surface area contributed by atoms with Crippen LogP contribution in [0.5, 0.6) is 0 Å². The molecule has 1 amide bonds. The van der Waals surface area contributed by atoms with Crippen molar-refractivity contribution in [1.29, 1.82) is 5.26 Å². The van der Waals surface area contributed by atoms with E-state index in [0.717, 1.165) is 49.2 Å². The standard InChI is InChI=1S/C23H26ClN9O2/c1-31-7-5-13(6-8-31)17-9-16(32(2)23(34)35)10-18(19(17)24)28-20-29-21(26-14-3-4-14)33-12-15(11-25)27-22(33)30-20/h9-10,12-14H,3-8H2,1-2H3,(H,34,35)(H2,26,27,28,29,30). The number of piperidine rings is 1. The molecular weight excluding hydrogens is 470 g/mol. The Hall–Kier alpha value is -3.62. The molecule has 3 N–H and O–H groups in total. The van der Waals surface area contributed by atoms with E-state index in [1.807, 2.05) is 12.1 Å². The lowest BCUT2D eigenvalue weighted by Crippen LogP contribution is -2.29. The number of carbonyl (C=O) groups is 1. The van der Waals surface area contributed by atoms with E-state index in [2.05, 4.69) is 37.5 Å². The summed E-state index contributed by atoms with van der Waals surface area (Å²) in [5.41, 5.74) is 2.16. The van der Waals surface area contributed by atoms with Crippen LogP contribution in [0, 0.1) is 11.3 Å².